The third-order valence-corrected chi connectivity index (χ3v) is 4.86. The number of pyridine rings is 1. The molecule has 0 saturated carbocycles. The zero-order chi connectivity index (χ0) is 16.5. The van der Waals surface area contributed by atoms with E-state index >= 15 is 0 Å². The topological polar surface area (TPSA) is 101 Å². The van der Waals surface area contributed by atoms with Crippen molar-refractivity contribution in [3.05, 3.63) is 46.9 Å². The van der Waals surface area contributed by atoms with Gasteiger partial charge < -0.3 is 10.6 Å². The Morgan fingerprint density at radius 1 is 1.38 bits per heavy atom. The third kappa shape index (κ3) is 2.76. The molecule has 0 bridgehead atoms. The summed E-state index contributed by atoms with van der Waals surface area (Å²) in [6.07, 6.45) is 4.55. The Hall–Kier alpha value is -2.74. The second-order valence-corrected chi connectivity index (χ2v) is 6.57. The molecule has 0 spiro atoms. The zero-order valence-corrected chi connectivity index (χ0v) is 13.7. The van der Waals surface area contributed by atoms with E-state index in [4.69, 9.17) is 5.73 Å². The molecule has 0 fully saturated rings. The molecule has 24 heavy (non-hydrogen) atoms. The van der Waals surface area contributed by atoms with E-state index in [0.717, 1.165) is 34.6 Å². The SMILES string of the molecule is Nc1nc(CC(=O)N2CCc3[nH]nc(-c4ccncc4)c3C2)cs1. The molecule has 0 unspecified atom stereocenters. The number of nitrogen functional groups attached to an aromatic ring is 1. The number of H-pyrrole nitrogens is 1. The second kappa shape index (κ2) is 6.04. The lowest BCUT2D eigenvalue weighted by Gasteiger charge is -2.27. The molecule has 0 atom stereocenters. The van der Waals surface area contributed by atoms with Crippen molar-refractivity contribution in [2.24, 2.45) is 0 Å². The minimum Gasteiger partial charge on any atom is -0.375 e. The Morgan fingerprint density at radius 2 is 2.21 bits per heavy atom. The van der Waals surface area contributed by atoms with Crippen molar-refractivity contribution in [1.29, 1.82) is 0 Å². The number of aromatic nitrogens is 4. The molecule has 8 heteroatoms. The predicted octanol–water partition coefficient (Wildman–Crippen LogP) is 1.64. The molecule has 0 saturated heterocycles. The van der Waals surface area contributed by atoms with Gasteiger partial charge in [-0.25, -0.2) is 4.98 Å². The fourth-order valence-electron chi connectivity index (χ4n) is 2.93. The van der Waals surface area contributed by atoms with Gasteiger partial charge in [0.2, 0.25) is 5.91 Å². The molecule has 7 nitrogen and oxygen atoms in total. The van der Waals surface area contributed by atoms with Gasteiger partial charge >= 0.3 is 0 Å². The molecule has 3 aromatic heterocycles. The summed E-state index contributed by atoms with van der Waals surface area (Å²) in [7, 11) is 0. The summed E-state index contributed by atoms with van der Waals surface area (Å²) >= 11 is 1.36. The first kappa shape index (κ1) is 14.8. The predicted molar refractivity (Wildman–Crippen MR) is 91.2 cm³/mol. The summed E-state index contributed by atoms with van der Waals surface area (Å²) in [5, 5.41) is 9.86. The van der Waals surface area contributed by atoms with Crippen LogP contribution in [0.25, 0.3) is 11.3 Å². The molecule has 4 rings (SSSR count). The smallest absolute Gasteiger partial charge is 0.228 e. The number of carbonyl (C=O) groups is 1. The highest BCUT2D eigenvalue weighted by atomic mass is 32.1. The highest BCUT2D eigenvalue weighted by Gasteiger charge is 2.26. The van der Waals surface area contributed by atoms with E-state index in [1.807, 2.05) is 22.4 Å². The quantitative estimate of drug-likeness (QED) is 0.755. The molecule has 1 aliphatic rings. The number of thiazole rings is 1. The Labute approximate surface area is 142 Å². The van der Waals surface area contributed by atoms with E-state index < -0.39 is 0 Å². The Kier molecular flexibility index (Phi) is 3.73. The minimum absolute atomic E-state index is 0.0628. The summed E-state index contributed by atoms with van der Waals surface area (Å²) in [6.45, 7) is 1.24. The van der Waals surface area contributed by atoms with Gasteiger partial charge in [-0.05, 0) is 12.1 Å². The number of fused-ring (bicyclic) bond motifs is 1. The minimum atomic E-state index is 0.0628. The van der Waals surface area contributed by atoms with Crippen LogP contribution < -0.4 is 5.73 Å². The number of nitrogens with one attached hydrogen (secondary N) is 1. The number of anilines is 1. The second-order valence-electron chi connectivity index (χ2n) is 5.68. The number of hydrogen-bond acceptors (Lipinski definition) is 6. The first-order chi connectivity index (χ1) is 11.7. The van der Waals surface area contributed by atoms with Crippen LogP contribution in [-0.2, 0) is 24.2 Å². The lowest BCUT2D eigenvalue weighted by molar-refractivity contribution is -0.131. The molecule has 4 heterocycles. The molecular formula is C16H16N6OS. The van der Waals surface area contributed by atoms with Crippen LogP contribution in [0.2, 0.25) is 0 Å². The standard InChI is InChI=1S/C16H16N6OS/c17-16-19-11(9-24-16)7-14(23)22-6-3-13-12(8-22)15(21-20-13)10-1-4-18-5-2-10/h1-2,4-5,9H,3,6-8H2,(H2,17,19)(H,20,21). The van der Waals surface area contributed by atoms with Crippen molar-refractivity contribution >= 4 is 22.4 Å². The average molecular weight is 340 g/mol. The normalized spacial score (nSPS) is 13.8. The average Bonchev–Trinajstić information content (AvgIpc) is 3.21. The highest BCUT2D eigenvalue weighted by molar-refractivity contribution is 7.13. The largest absolute Gasteiger partial charge is 0.375 e. The number of aromatic amines is 1. The van der Waals surface area contributed by atoms with Gasteiger partial charge in [0.05, 0.1) is 17.8 Å². The number of amides is 1. The summed E-state index contributed by atoms with van der Waals surface area (Å²) in [5.41, 5.74) is 10.4. The molecule has 3 N–H and O–H groups in total. The summed E-state index contributed by atoms with van der Waals surface area (Å²) in [5.74, 6) is 0.0628. The molecule has 1 amide bonds. The van der Waals surface area contributed by atoms with E-state index in [-0.39, 0.29) is 12.3 Å². The molecule has 0 aliphatic carbocycles. The van der Waals surface area contributed by atoms with E-state index in [1.54, 1.807) is 12.4 Å². The van der Waals surface area contributed by atoms with Gasteiger partial charge in [0.25, 0.3) is 0 Å². The summed E-state index contributed by atoms with van der Waals surface area (Å²) in [6, 6.07) is 3.85. The number of rotatable bonds is 3. The van der Waals surface area contributed by atoms with Crippen LogP contribution in [0.1, 0.15) is 17.0 Å². The maximum absolute atomic E-state index is 12.6. The van der Waals surface area contributed by atoms with Crippen molar-refractivity contribution in [3.8, 4) is 11.3 Å². The Balaban J connectivity index is 1.55. The van der Waals surface area contributed by atoms with Gasteiger partial charge in [-0.15, -0.1) is 11.3 Å². The number of nitrogens with two attached hydrogens (primary N) is 1. The molecule has 122 valence electrons. The van der Waals surface area contributed by atoms with E-state index in [2.05, 4.69) is 20.2 Å². The van der Waals surface area contributed by atoms with Crippen molar-refractivity contribution in [2.75, 3.05) is 12.3 Å². The molecule has 1 aliphatic heterocycles. The van der Waals surface area contributed by atoms with Gasteiger partial charge in [-0.3, -0.25) is 14.9 Å². The van der Waals surface area contributed by atoms with Crippen LogP contribution in [-0.4, -0.2) is 37.5 Å². The van der Waals surface area contributed by atoms with Gasteiger partial charge in [0.1, 0.15) is 0 Å². The van der Waals surface area contributed by atoms with Crippen molar-refractivity contribution < 1.29 is 4.79 Å². The maximum atomic E-state index is 12.6. The first-order valence-electron chi connectivity index (χ1n) is 7.65. The summed E-state index contributed by atoms with van der Waals surface area (Å²) < 4.78 is 0. The van der Waals surface area contributed by atoms with Crippen LogP contribution in [0.5, 0.6) is 0 Å². The Morgan fingerprint density at radius 3 is 2.96 bits per heavy atom. The van der Waals surface area contributed by atoms with E-state index in [1.165, 1.54) is 11.3 Å². The molecule has 3 aromatic rings. The van der Waals surface area contributed by atoms with Crippen molar-refractivity contribution in [2.45, 2.75) is 19.4 Å². The van der Waals surface area contributed by atoms with Crippen LogP contribution in [0.4, 0.5) is 5.13 Å². The summed E-state index contributed by atoms with van der Waals surface area (Å²) in [4.78, 5) is 22.6. The third-order valence-electron chi connectivity index (χ3n) is 4.14. The van der Waals surface area contributed by atoms with Gasteiger partial charge in [0.15, 0.2) is 5.13 Å². The van der Waals surface area contributed by atoms with Crippen LogP contribution in [0.3, 0.4) is 0 Å². The first-order valence-corrected chi connectivity index (χ1v) is 8.53. The highest BCUT2D eigenvalue weighted by Crippen LogP contribution is 2.28. The van der Waals surface area contributed by atoms with Crippen molar-refractivity contribution in [3.63, 3.8) is 0 Å². The van der Waals surface area contributed by atoms with Crippen LogP contribution >= 0.6 is 11.3 Å². The lowest BCUT2D eigenvalue weighted by Crippen LogP contribution is -2.37. The van der Waals surface area contributed by atoms with Gasteiger partial charge in [0, 0.05) is 54.1 Å². The zero-order valence-electron chi connectivity index (χ0n) is 12.9. The Bertz CT molecular complexity index is 872. The number of hydrogen-bond donors (Lipinski definition) is 2. The molecule has 0 aromatic carbocycles. The fourth-order valence-corrected chi connectivity index (χ4v) is 3.49. The van der Waals surface area contributed by atoms with Gasteiger partial charge in [-0.1, -0.05) is 0 Å². The van der Waals surface area contributed by atoms with Crippen molar-refractivity contribution in [1.82, 2.24) is 25.1 Å². The monoisotopic (exact) mass is 340 g/mol. The lowest BCUT2D eigenvalue weighted by atomic mass is 10.0. The number of carbonyl (C=O) groups excluding carboxylic acids is 1. The number of nitrogens with zero attached hydrogens (tertiary/aromatic N) is 4. The van der Waals surface area contributed by atoms with E-state index in [0.29, 0.717) is 18.2 Å². The fraction of sp³-hybridized carbons (Fsp3) is 0.250. The van der Waals surface area contributed by atoms with Gasteiger partial charge in [-0.2, -0.15) is 5.10 Å². The van der Waals surface area contributed by atoms with Crippen LogP contribution in [0.15, 0.2) is 29.9 Å². The molecule has 0 radical (unpaired) electrons. The molecular weight excluding hydrogens is 324 g/mol. The van der Waals surface area contributed by atoms with E-state index in [9.17, 15) is 4.79 Å². The van der Waals surface area contributed by atoms with Crippen LogP contribution in [0, 0.1) is 0 Å². The maximum Gasteiger partial charge on any atom is 0.228 e.